The zero-order chi connectivity index (χ0) is 34.8. The van der Waals surface area contributed by atoms with Gasteiger partial charge in [-0.1, -0.05) is 37.6 Å². The minimum Gasteiger partial charge on any atom is -0.495 e. The molecule has 0 unspecified atom stereocenters. The molecule has 0 atom stereocenters. The van der Waals surface area contributed by atoms with Gasteiger partial charge in [-0.25, -0.2) is 19.1 Å². The first-order valence-corrected chi connectivity index (χ1v) is 16.9. The SMILES string of the molecule is CCCCc1ccc(N(C(=O)Oc2c(C)cccc2C)c2ccnc(Nc3ccc(OCCCN4CCN(C)CC4)c(F)c3)n2)c(OC)c1. The Hall–Kier alpha value is -4.74. The topological polar surface area (TPSA) is 92.3 Å². The monoisotopic (exact) mass is 670 g/mol. The van der Waals surface area contributed by atoms with Crippen molar-refractivity contribution in [2.75, 3.05) is 63.7 Å². The summed E-state index contributed by atoms with van der Waals surface area (Å²) in [5, 5.41) is 3.06. The summed E-state index contributed by atoms with van der Waals surface area (Å²) in [4.78, 5) is 29.1. The van der Waals surface area contributed by atoms with Crippen molar-refractivity contribution < 1.29 is 23.4 Å². The number of nitrogens with zero attached hydrogens (tertiary/aromatic N) is 5. The molecule has 49 heavy (non-hydrogen) atoms. The van der Waals surface area contributed by atoms with Crippen LogP contribution in [-0.2, 0) is 6.42 Å². The van der Waals surface area contributed by atoms with Crippen LogP contribution < -0.4 is 24.4 Å². The number of para-hydroxylation sites is 1. The van der Waals surface area contributed by atoms with E-state index in [1.807, 2.05) is 50.2 Å². The van der Waals surface area contributed by atoms with Gasteiger partial charge in [0.15, 0.2) is 11.6 Å². The molecular weight excluding hydrogens is 623 g/mol. The van der Waals surface area contributed by atoms with Gasteiger partial charge < -0.3 is 29.3 Å². The van der Waals surface area contributed by atoms with Gasteiger partial charge >= 0.3 is 6.09 Å². The van der Waals surface area contributed by atoms with Crippen LogP contribution in [-0.4, -0.2) is 79.3 Å². The van der Waals surface area contributed by atoms with Gasteiger partial charge in [0, 0.05) is 56.7 Å². The second-order valence-electron chi connectivity index (χ2n) is 12.4. The summed E-state index contributed by atoms with van der Waals surface area (Å²) in [6.45, 7) is 11.5. The van der Waals surface area contributed by atoms with E-state index in [2.05, 4.69) is 39.1 Å². The summed E-state index contributed by atoms with van der Waals surface area (Å²) in [5.41, 5.74) is 3.64. The Morgan fingerprint density at radius 1 is 0.980 bits per heavy atom. The van der Waals surface area contributed by atoms with Crippen LogP contribution in [0.4, 0.5) is 32.3 Å². The molecule has 10 nitrogen and oxygen atoms in total. The van der Waals surface area contributed by atoms with Crippen LogP contribution in [0.5, 0.6) is 17.2 Å². The number of carbonyl (C=O) groups excluding carboxylic acids is 1. The van der Waals surface area contributed by atoms with E-state index in [0.29, 0.717) is 29.5 Å². The standard InChI is InChI=1S/C38H47FN6O4/c1-6-7-12-29-13-15-32(34(25-29)47-5)45(38(46)49-36-27(2)10-8-11-28(36)3)35-17-18-40-37(42-35)41-30-14-16-33(31(39)26-30)48-24-9-19-44-22-20-43(4)21-23-44/h8,10-11,13-18,25-26H,6-7,9,12,19-24H2,1-5H3,(H,40,41,42). The summed E-state index contributed by atoms with van der Waals surface area (Å²) in [5.74, 6) is 1.08. The number of benzene rings is 3. The summed E-state index contributed by atoms with van der Waals surface area (Å²) in [6.07, 6.45) is 4.66. The number of aryl methyl sites for hydroxylation is 3. The summed E-state index contributed by atoms with van der Waals surface area (Å²) < 4.78 is 32.6. The van der Waals surface area contributed by atoms with Gasteiger partial charge in [0.2, 0.25) is 5.95 Å². The Morgan fingerprint density at radius 3 is 2.47 bits per heavy atom. The summed E-state index contributed by atoms with van der Waals surface area (Å²) in [7, 11) is 3.70. The first kappa shape index (κ1) is 35.6. The lowest BCUT2D eigenvalue weighted by Crippen LogP contribution is -2.44. The fourth-order valence-electron chi connectivity index (χ4n) is 5.75. The first-order chi connectivity index (χ1) is 23.7. The lowest BCUT2D eigenvalue weighted by Gasteiger charge is -2.32. The van der Waals surface area contributed by atoms with Gasteiger partial charge in [-0.3, -0.25) is 0 Å². The Labute approximate surface area is 288 Å². The smallest absolute Gasteiger partial charge is 0.425 e. The molecular formula is C38H47FN6O4. The molecule has 3 aromatic carbocycles. The maximum atomic E-state index is 15.1. The number of likely N-dealkylation sites (N-methyl/N-ethyl adjacent to an activating group) is 1. The molecule has 1 aliphatic heterocycles. The van der Waals surface area contributed by atoms with E-state index >= 15 is 4.39 Å². The van der Waals surface area contributed by atoms with Crippen LogP contribution in [0.3, 0.4) is 0 Å². The van der Waals surface area contributed by atoms with Gasteiger partial charge in [-0.2, -0.15) is 4.98 Å². The predicted molar refractivity (Wildman–Crippen MR) is 191 cm³/mol. The van der Waals surface area contributed by atoms with E-state index in [1.54, 1.807) is 25.3 Å². The molecule has 1 saturated heterocycles. The van der Waals surface area contributed by atoms with Crippen molar-refractivity contribution in [3.63, 3.8) is 0 Å². The number of hydrogen-bond donors (Lipinski definition) is 1. The van der Waals surface area contributed by atoms with E-state index in [1.165, 1.54) is 17.2 Å². The van der Waals surface area contributed by atoms with E-state index in [9.17, 15) is 4.79 Å². The van der Waals surface area contributed by atoms with Crippen molar-refractivity contribution in [3.8, 4) is 17.2 Å². The molecule has 11 heteroatoms. The number of hydrogen-bond acceptors (Lipinski definition) is 9. The number of unbranched alkanes of at least 4 members (excludes halogenated alkanes) is 1. The maximum absolute atomic E-state index is 15.1. The van der Waals surface area contributed by atoms with Crippen LogP contribution in [0, 0.1) is 19.7 Å². The molecule has 0 saturated carbocycles. The average molecular weight is 671 g/mol. The number of piperazine rings is 1. The Balaban J connectivity index is 1.34. The normalized spacial score (nSPS) is 13.6. The lowest BCUT2D eigenvalue weighted by molar-refractivity contribution is 0.145. The highest BCUT2D eigenvalue weighted by molar-refractivity contribution is 5.98. The third-order valence-electron chi connectivity index (χ3n) is 8.61. The van der Waals surface area contributed by atoms with Crippen LogP contribution in [0.1, 0.15) is 42.9 Å². The number of aromatic nitrogens is 2. The summed E-state index contributed by atoms with van der Waals surface area (Å²) >= 11 is 0. The van der Waals surface area contributed by atoms with Crippen molar-refractivity contribution in [1.82, 2.24) is 19.8 Å². The van der Waals surface area contributed by atoms with Gasteiger partial charge in [0.25, 0.3) is 0 Å². The molecule has 2 heterocycles. The van der Waals surface area contributed by atoms with Gasteiger partial charge in [0.1, 0.15) is 17.3 Å². The van der Waals surface area contributed by atoms with Crippen LogP contribution >= 0.6 is 0 Å². The highest BCUT2D eigenvalue weighted by Gasteiger charge is 2.27. The minimum atomic E-state index is -0.665. The molecule has 1 aliphatic rings. The van der Waals surface area contributed by atoms with Crippen molar-refractivity contribution in [2.24, 2.45) is 0 Å². The number of amides is 1. The minimum absolute atomic E-state index is 0.168. The fourth-order valence-corrected chi connectivity index (χ4v) is 5.75. The molecule has 0 radical (unpaired) electrons. The molecule has 0 spiro atoms. The van der Waals surface area contributed by atoms with E-state index in [0.717, 1.165) is 75.1 Å². The number of carbonyl (C=O) groups is 1. The van der Waals surface area contributed by atoms with Crippen molar-refractivity contribution in [2.45, 2.75) is 46.5 Å². The third-order valence-corrected chi connectivity index (χ3v) is 8.61. The predicted octanol–water partition coefficient (Wildman–Crippen LogP) is 7.68. The van der Waals surface area contributed by atoms with Crippen LogP contribution in [0.15, 0.2) is 66.9 Å². The molecule has 1 amide bonds. The third kappa shape index (κ3) is 9.45. The number of ether oxygens (including phenoxy) is 3. The molecule has 260 valence electrons. The zero-order valence-corrected chi connectivity index (χ0v) is 29.2. The van der Waals surface area contributed by atoms with Crippen molar-refractivity contribution in [3.05, 3.63) is 89.4 Å². The molecule has 1 fully saturated rings. The Kier molecular flexibility index (Phi) is 12.4. The number of nitrogens with one attached hydrogen (secondary N) is 1. The van der Waals surface area contributed by atoms with Crippen molar-refractivity contribution >= 4 is 29.2 Å². The number of halogens is 1. The van der Waals surface area contributed by atoms with E-state index in [-0.39, 0.29) is 17.5 Å². The highest BCUT2D eigenvalue weighted by atomic mass is 19.1. The largest absolute Gasteiger partial charge is 0.495 e. The number of methoxy groups -OCH3 is 1. The fraction of sp³-hybridized carbons (Fsp3) is 0.395. The first-order valence-electron chi connectivity index (χ1n) is 16.9. The highest BCUT2D eigenvalue weighted by Crippen LogP contribution is 2.36. The van der Waals surface area contributed by atoms with Gasteiger partial charge in [0.05, 0.1) is 19.4 Å². The molecule has 0 bridgehead atoms. The van der Waals surface area contributed by atoms with Crippen LogP contribution in [0.2, 0.25) is 0 Å². The number of rotatable bonds is 14. The maximum Gasteiger partial charge on any atom is 0.425 e. The second-order valence-corrected chi connectivity index (χ2v) is 12.4. The Bertz CT molecular complexity index is 1690. The van der Waals surface area contributed by atoms with Crippen molar-refractivity contribution in [1.29, 1.82) is 0 Å². The Morgan fingerprint density at radius 2 is 1.76 bits per heavy atom. The average Bonchev–Trinajstić information content (AvgIpc) is 3.09. The van der Waals surface area contributed by atoms with Crippen LogP contribution in [0.25, 0.3) is 0 Å². The second kappa shape index (κ2) is 17.1. The molecule has 0 aliphatic carbocycles. The molecule has 1 aromatic heterocycles. The number of anilines is 4. The lowest BCUT2D eigenvalue weighted by atomic mass is 10.1. The molecule has 1 N–H and O–H groups in total. The van der Waals surface area contributed by atoms with Gasteiger partial charge in [-0.05, 0) is 81.1 Å². The zero-order valence-electron chi connectivity index (χ0n) is 29.2. The summed E-state index contributed by atoms with van der Waals surface area (Å²) in [6, 6.07) is 17.7. The quantitative estimate of drug-likeness (QED) is 0.136. The van der Waals surface area contributed by atoms with E-state index in [4.69, 9.17) is 14.2 Å². The van der Waals surface area contributed by atoms with E-state index < -0.39 is 11.9 Å². The van der Waals surface area contributed by atoms with Gasteiger partial charge in [-0.15, -0.1) is 0 Å². The molecule has 4 aromatic rings. The molecule has 5 rings (SSSR count).